The number of ether oxygens (including phenoxy) is 4. The zero-order chi connectivity index (χ0) is 25.9. The van der Waals surface area contributed by atoms with Gasteiger partial charge in [-0.3, -0.25) is 0 Å². The number of halogens is 1. The van der Waals surface area contributed by atoms with E-state index in [2.05, 4.69) is 5.32 Å². The van der Waals surface area contributed by atoms with Crippen molar-refractivity contribution in [2.45, 2.75) is 12.6 Å². The Hall–Kier alpha value is -3.88. The molecule has 0 aliphatic heterocycles. The molecular formula is C28H30FNO6. The maximum absolute atomic E-state index is 13.3. The number of methoxy groups -OCH3 is 3. The standard InChI is InChI=1S/C28H30FNO6/c1-33-25-13-8-21(27(15-25)34-2)16-30-17-23(31)18-36-24-11-4-19(5-12-24)14-26(28(32)35-3)20-6-9-22(29)10-7-20/h4-15,23,30-31H,16-18H2,1-3H3/b26-14+. The van der Waals surface area contributed by atoms with E-state index in [1.165, 1.54) is 31.4 Å². The van der Waals surface area contributed by atoms with Gasteiger partial charge in [0.05, 0.1) is 26.9 Å². The first-order valence-corrected chi connectivity index (χ1v) is 11.3. The third kappa shape index (κ3) is 7.56. The van der Waals surface area contributed by atoms with Gasteiger partial charge in [-0.1, -0.05) is 30.3 Å². The Bertz CT molecular complexity index is 1160. The van der Waals surface area contributed by atoms with Gasteiger partial charge < -0.3 is 29.4 Å². The smallest absolute Gasteiger partial charge is 0.338 e. The molecule has 190 valence electrons. The van der Waals surface area contributed by atoms with Crippen molar-refractivity contribution in [2.24, 2.45) is 0 Å². The molecule has 3 aromatic rings. The number of carbonyl (C=O) groups excluding carboxylic acids is 1. The molecule has 3 aromatic carbocycles. The highest BCUT2D eigenvalue weighted by molar-refractivity contribution is 6.21. The monoisotopic (exact) mass is 495 g/mol. The summed E-state index contributed by atoms with van der Waals surface area (Å²) >= 11 is 0. The van der Waals surface area contributed by atoms with Gasteiger partial charge >= 0.3 is 5.97 Å². The highest BCUT2D eigenvalue weighted by Crippen LogP contribution is 2.24. The number of carbonyl (C=O) groups is 1. The van der Waals surface area contributed by atoms with E-state index in [-0.39, 0.29) is 12.4 Å². The third-order valence-electron chi connectivity index (χ3n) is 5.38. The third-order valence-corrected chi connectivity index (χ3v) is 5.38. The van der Waals surface area contributed by atoms with Crippen molar-refractivity contribution in [3.63, 3.8) is 0 Å². The lowest BCUT2D eigenvalue weighted by atomic mass is 10.0. The number of hydrogen-bond acceptors (Lipinski definition) is 7. The fourth-order valence-corrected chi connectivity index (χ4v) is 3.45. The largest absolute Gasteiger partial charge is 0.497 e. The number of nitrogens with one attached hydrogen (secondary N) is 1. The summed E-state index contributed by atoms with van der Waals surface area (Å²) in [6.07, 6.45) is 0.938. The lowest BCUT2D eigenvalue weighted by molar-refractivity contribution is -0.133. The Morgan fingerprint density at radius 1 is 0.972 bits per heavy atom. The minimum Gasteiger partial charge on any atom is -0.497 e. The zero-order valence-electron chi connectivity index (χ0n) is 20.5. The normalized spacial score (nSPS) is 12.1. The number of aliphatic hydroxyl groups is 1. The van der Waals surface area contributed by atoms with E-state index in [9.17, 15) is 14.3 Å². The number of hydrogen-bond donors (Lipinski definition) is 2. The molecule has 36 heavy (non-hydrogen) atoms. The number of rotatable bonds is 12. The van der Waals surface area contributed by atoms with Crippen LogP contribution in [0.4, 0.5) is 4.39 Å². The van der Waals surface area contributed by atoms with Crippen molar-refractivity contribution < 1.29 is 33.2 Å². The Balaban J connectivity index is 1.53. The van der Waals surface area contributed by atoms with Crippen molar-refractivity contribution in [3.8, 4) is 17.2 Å². The molecule has 0 aliphatic rings. The van der Waals surface area contributed by atoms with Crippen molar-refractivity contribution in [2.75, 3.05) is 34.5 Å². The van der Waals surface area contributed by atoms with Crippen molar-refractivity contribution in [3.05, 3.63) is 89.2 Å². The van der Waals surface area contributed by atoms with Crippen LogP contribution < -0.4 is 19.5 Å². The summed E-state index contributed by atoms with van der Waals surface area (Å²) in [4.78, 5) is 12.2. The molecule has 0 saturated heterocycles. The molecule has 7 nitrogen and oxygen atoms in total. The molecule has 0 saturated carbocycles. The van der Waals surface area contributed by atoms with Gasteiger partial charge in [-0.05, 0) is 47.5 Å². The van der Waals surface area contributed by atoms with Gasteiger partial charge in [-0.15, -0.1) is 0 Å². The molecule has 3 rings (SSSR count). The van der Waals surface area contributed by atoms with Gasteiger partial charge in [-0.25, -0.2) is 9.18 Å². The molecule has 0 amide bonds. The maximum atomic E-state index is 13.3. The number of esters is 1. The van der Waals surface area contributed by atoms with Crippen LogP contribution >= 0.6 is 0 Å². The van der Waals surface area contributed by atoms with Gasteiger partial charge in [-0.2, -0.15) is 0 Å². The van der Waals surface area contributed by atoms with Crippen LogP contribution in [-0.4, -0.2) is 51.7 Å². The molecule has 0 heterocycles. The molecule has 0 bridgehead atoms. The highest BCUT2D eigenvalue weighted by atomic mass is 19.1. The second-order valence-corrected chi connectivity index (χ2v) is 7.90. The molecular weight excluding hydrogens is 465 g/mol. The van der Waals surface area contributed by atoms with Crippen molar-refractivity contribution in [1.82, 2.24) is 5.32 Å². The second kappa shape index (κ2) is 13.3. The number of benzene rings is 3. The first kappa shape index (κ1) is 26.7. The SMILES string of the molecule is COC(=O)/C(=C/c1ccc(OCC(O)CNCc2ccc(OC)cc2OC)cc1)c1ccc(F)cc1. The average molecular weight is 496 g/mol. The summed E-state index contributed by atoms with van der Waals surface area (Å²) in [5.74, 6) is 1.08. The minimum atomic E-state index is -0.724. The molecule has 1 unspecified atom stereocenters. The predicted molar refractivity (Wildman–Crippen MR) is 135 cm³/mol. The van der Waals surface area contributed by atoms with Crippen LogP contribution in [0.3, 0.4) is 0 Å². The van der Waals surface area contributed by atoms with E-state index in [1.807, 2.05) is 18.2 Å². The van der Waals surface area contributed by atoms with Crippen LogP contribution in [0, 0.1) is 5.82 Å². The summed E-state index contributed by atoms with van der Waals surface area (Å²) in [7, 11) is 4.49. The fraction of sp³-hybridized carbons (Fsp3) is 0.250. The van der Waals surface area contributed by atoms with Gasteiger partial charge in [0.1, 0.15) is 35.8 Å². The van der Waals surface area contributed by atoms with E-state index in [4.69, 9.17) is 18.9 Å². The fourth-order valence-electron chi connectivity index (χ4n) is 3.45. The second-order valence-electron chi connectivity index (χ2n) is 7.90. The summed E-state index contributed by atoms with van der Waals surface area (Å²) in [6.45, 7) is 0.947. The summed E-state index contributed by atoms with van der Waals surface area (Å²) in [5, 5.41) is 13.5. The van der Waals surface area contributed by atoms with Gasteiger partial charge in [0.25, 0.3) is 0 Å². The van der Waals surface area contributed by atoms with E-state index in [0.717, 1.165) is 11.1 Å². The van der Waals surface area contributed by atoms with E-state index in [0.29, 0.717) is 41.5 Å². The van der Waals surface area contributed by atoms with Crippen LogP contribution in [0.25, 0.3) is 11.6 Å². The Kier molecular flexibility index (Phi) is 9.85. The number of aliphatic hydroxyl groups excluding tert-OH is 1. The van der Waals surface area contributed by atoms with Crippen molar-refractivity contribution in [1.29, 1.82) is 0 Å². The molecule has 0 radical (unpaired) electrons. The van der Waals surface area contributed by atoms with Gasteiger partial charge in [0.15, 0.2) is 0 Å². The Morgan fingerprint density at radius 2 is 1.67 bits per heavy atom. The average Bonchev–Trinajstić information content (AvgIpc) is 2.91. The lowest BCUT2D eigenvalue weighted by Crippen LogP contribution is -2.31. The summed E-state index contributed by atoms with van der Waals surface area (Å²) < 4.78 is 34.4. The van der Waals surface area contributed by atoms with Crippen molar-refractivity contribution >= 4 is 17.6 Å². The maximum Gasteiger partial charge on any atom is 0.338 e. The van der Waals surface area contributed by atoms with Crippen LogP contribution in [0.1, 0.15) is 16.7 Å². The topological polar surface area (TPSA) is 86.3 Å². The molecule has 0 aromatic heterocycles. The first-order valence-electron chi connectivity index (χ1n) is 11.3. The van der Waals surface area contributed by atoms with Crippen LogP contribution in [0.15, 0.2) is 66.7 Å². The molecule has 0 aliphatic carbocycles. The van der Waals surface area contributed by atoms with Gasteiger partial charge in [0.2, 0.25) is 0 Å². The van der Waals surface area contributed by atoms with E-state index < -0.39 is 12.1 Å². The zero-order valence-corrected chi connectivity index (χ0v) is 20.5. The minimum absolute atomic E-state index is 0.102. The first-order chi connectivity index (χ1) is 17.4. The summed E-state index contributed by atoms with van der Waals surface area (Å²) in [6, 6.07) is 18.2. The summed E-state index contributed by atoms with van der Waals surface area (Å²) in [5.41, 5.74) is 2.54. The molecule has 2 N–H and O–H groups in total. The van der Waals surface area contributed by atoms with Gasteiger partial charge in [0, 0.05) is 24.7 Å². The Labute approximate surface area is 210 Å². The van der Waals surface area contributed by atoms with Crippen LogP contribution in [0.5, 0.6) is 17.2 Å². The van der Waals surface area contributed by atoms with Crippen LogP contribution in [0.2, 0.25) is 0 Å². The quantitative estimate of drug-likeness (QED) is 0.222. The van der Waals surface area contributed by atoms with Crippen LogP contribution in [-0.2, 0) is 16.1 Å². The predicted octanol–water partition coefficient (Wildman–Crippen LogP) is 4.09. The van der Waals surface area contributed by atoms with E-state index in [1.54, 1.807) is 44.6 Å². The Morgan fingerprint density at radius 3 is 2.31 bits per heavy atom. The molecule has 0 spiro atoms. The molecule has 0 fully saturated rings. The molecule has 8 heteroatoms. The lowest BCUT2D eigenvalue weighted by Gasteiger charge is -2.15. The molecule has 1 atom stereocenters. The highest BCUT2D eigenvalue weighted by Gasteiger charge is 2.13. The van der Waals surface area contributed by atoms with E-state index >= 15 is 0 Å².